The summed E-state index contributed by atoms with van der Waals surface area (Å²) in [6, 6.07) is 5.44. The molecule has 0 bridgehead atoms. The first-order valence-corrected chi connectivity index (χ1v) is 5.50. The first kappa shape index (κ1) is 9.46. The molecule has 82 valence electrons. The molecular formula is C13H14N2O. The molecule has 3 rings (SSSR count). The van der Waals surface area contributed by atoms with Crippen molar-refractivity contribution in [3.8, 4) is 5.75 Å². The van der Waals surface area contributed by atoms with E-state index in [-0.39, 0.29) is 5.75 Å². The van der Waals surface area contributed by atoms with Gasteiger partial charge in [-0.25, -0.2) is 4.99 Å². The maximum Gasteiger partial charge on any atom is 0.117 e. The van der Waals surface area contributed by atoms with Crippen molar-refractivity contribution < 1.29 is 5.11 Å². The fraction of sp³-hybridized carbons (Fsp3) is 0.308. The predicted molar refractivity (Wildman–Crippen MR) is 62.2 cm³/mol. The molecular weight excluding hydrogens is 200 g/mol. The van der Waals surface area contributed by atoms with Gasteiger partial charge in [-0.3, -0.25) is 0 Å². The minimum absolute atomic E-state index is 0.286. The highest BCUT2D eigenvalue weighted by molar-refractivity contribution is 5.68. The number of allylic oxidation sites excluding steroid dienone is 2. The van der Waals surface area contributed by atoms with Gasteiger partial charge in [0.25, 0.3) is 0 Å². The van der Waals surface area contributed by atoms with Crippen LogP contribution in [0.2, 0.25) is 0 Å². The molecule has 1 aromatic rings. The van der Waals surface area contributed by atoms with Gasteiger partial charge in [0, 0.05) is 30.6 Å². The van der Waals surface area contributed by atoms with E-state index in [1.165, 1.54) is 16.5 Å². The van der Waals surface area contributed by atoms with E-state index < -0.39 is 0 Å². The van der Waals surface area contributed by atoms with E-state index in [1.807, 2.05) is 6.07 Å². The summed E-state index contributed by atoms with van der Waals surface area (Å²) in [6.45, 7) is 3.14. The SMILES string of the molecule is CC1=C2N=c3cc(O)ccc3=C2CCN1C. The van der Waals surface area contributed by atoms with Gasteiger partial charge < -0.3 is 10.0 Å². The van der Waals surface area contributed by atoms with Crippen LogP contribution in [-0.2, 0) is 0 Å². The molecule has 2 aliphatic heterocycles. The highest BCUT2D eigenvalue weighted by Crippen LogP contribution is 2.28. The Kier molecular flexibility index (Phi) is 1.84. The third-order valence-corrected chi connectivity index (χ3v) is 3.44. The predicted octanol–water partition coefficient (Wildman–Crippen LogP) is 0.743. The van der Waals surface area contributed by atoms with Crippen molar-refractivity contribution in [3.63, 3.8) is 0 Å². The molecule has 0 amide bonds. The number of phenols is 1. The highest BCUT2D eigenvalue weighted by Gasteiger charge is 2.22. The minimum atomic E-state index is 0.286. The molecule has 1 aromatic carbocycles. The van der Waals surface area contributed by atoms with E-state index in [0.717, 1.165) is 24.0 Å². The van der Waals surface area contributed by atoms with Gasteiger partial charge in [0.05, 0.1) is 11.1 Å². The Morgan fingerprint density at radius 2 is 2.19 bits per heavy atom. The monoisotopic (exact) mass is 214 g/mol. The van der Waals surface area contributed by atoms with Gasteiger partial charge >= 0.3 is 0 Å². The lowest BCUT2D eigenvalue weighted by atomic mass is 10.0. The quantitative estimate of drug-likeness (QED) is 0.691. The van der Waals surface area contributed by atoms with Crippen molar-refractivity contribution in [1.29, 1.82) is 0 Å². The molecule has 0 saturated heterocycles. The van der Waals surface area contributed by atoms with Crippen molar-refractivity contribution >= 4 is 5.57 Å². The van der Waals surface area contributed by atoms with Gasteiger partial charge in [-0.05, 0) is 31.1 Å². The standard InChI is InChI=1S/C13H14N2O/c1-8-13-11(5-6-15(8)2)10-4-3-9(16)7-12(10)14-13/h3-4,7,16H,5-6H2,1-2H3. The van der Waals surface area contributed by atoms with Crippen LogP contribution in [0.5, 0.6) is 5.75 Å². The van der Waals surface area contributed by atoms with Crippen molar-refractivity contribution in [2.24, 2.45) is 4.99 Å². The van der Waals surface area contributed by atoms with Crippen LogP contribution >= 0.6 is 0 Å². The molecule has 0 atom stereocenters. The van der Waals surface area contributed by atoms with E-state index in [1.54, 1.807) is 12.1 Å². The number of benzene rings is 1. The van der Waals surface area contributed by atoms with Gasteiger partial charge in [-0.2, -0.15) is 0 Å². The van der Waals surface area contributed by atoms with E-state index in [2.05, 4.69) is 23.9 Å². The fourth-order valence-electron chi connectivity index (χ4n) is 2.36. The summed E-state index contributed by atoms with van der Waals surface area (Å²) >= 11 is 0. The average molecular weight is 214 g/mol. The molecule has 0 aliphatic carbocycles. The molecule has 0 aromatic heterocycles. The van der Waals surface area contributed by atoms with Crippen LogP contribution in [-0.4, -0.2) is 23.6 Å². The van der Waals surface area contributed by atoms with E-state index >= 15 is 0 Å². The molecule has 3 heteroatoms. The van der Waals surface area contributed by atoms with Crippen LogP contribution in [0.25, 0.3) is 5.57 Å². The Balaban J connectivity index is 2.36. The molecule has 0 saturated carbocycles. The molecule has 0 fully saturated rings. The Morgan fingerprint density at radius 3 is 3.00 bits per heavy atom. The van der Waals surface area contributed by atoms with Crippen LogP contribution in [0.3, 0.4) is 0 Å². The summed E-state index contributed by atoms with van der Waals surface area (Å²) in [4.78, 5) is 6.84. The zero-order chi connectivity index (χ0) is 11.3. The summed E-state index contributed by atoms with van der Waals surface area (Å²) in [6.07, 6.45) is 1.03. The van der Waals surface area contributed by atoms with E-state index in [9.17, 15) is 5.11 Å². The lowest BCUT2D eigenvalue weighted by molar-refractivity contribution is 0.413. The van der Waals surface area contributed by atoms with Gasteiger partial charge in [0.15, 0.2) is 0 Å². The van der Waals surface area contributed by atoms with Crippen molar-refractivity contribution in [3.05, 3.63) is 40.2 Å². The average Bonchev–Trinajstić information content (AvgIpc) is 2.62. The first-order chi connectivity index (χ1) is 7.66. The second-order valence-electron chi connectivity index (χ2n) is 4.40. The van der Waals surface area contributed by atoms with Crippen LogP contribution in [0.1, 0.15) is 13.3 Å². The fourth-order valence-corrected chi connectivity index (χ4v) is 2.36. The zero-order valence-electron chi connectivity index (χ0n) is 9.49. The number of hydrogen-bond donors (Lipinski definition) is 1. The van der Waals surface area contributed by atoms with Crippen molar-refractivity contribution in [2.45, 2.75) is 13.3 Å². The van der Waals surface area contributed by atoms with Gasteiger partial charge in [-0.15, -0.1) is 0 Å². The third-order valence-electron chi connectivity index (χ3n) is 3.44. The topological polar surface area (TPSA) is 35.8 Å². The van der Waals surface area contributed by atoms with Crippen LogP contribution in [0.15, 0.2) is 34.6 Å². The Morgan fingerprint density at radius 1 is 1.38 bits per heavy atom. The molecule has 3 nitrogen and oxygen atoms in total. The first-order valence-electron chi connectivity index (χ1n) is 5.50. The zero-order valence-corrected chi connectivity index (χ0v) is 9.49. The lowest BCUT2D eigenvalue weighted by Crippen LogP contribution is -2.26. The number of hydrogen-bond acceptors (Lipinski definition) is 3. The van der Waals surface area contributed by atoms with E-state index in [0.29, 0.717) is 0 Å². The molecule has 2 heterocycles. The molecule has 1 N–H and O–H groups in total. The summed E-state index contributed by atoms with van der Waals surface area (Å²) < 4.78 is 0. The molecule has 2 aliphatic rings. The van der Waals surface area contributed by atoms with Crippen LogP contribution in [0, 0.1) is 0 Å². The van der Waals surface area contributed by atoms with Gasteiger partial charge in [0.1, 0.15) is 5.75 Å². The Bertz CT molecular complexity index is 613. The molecule has 0 unspecified atom stereocenters. The second kappa shape index (κ2) is 3.11. The summed E-state index contributed by atoms with van der Waals surface area (Å²) in [5.41, 5.74) is 3.64. The van der Waals surface area contributed by atoms with Crippen LogP contribution in [0.4, 0.5) is 0 Å². The summed E-state index contributed by atoms with van der Waals surface area (Å²) in [5.74, 6) is 0.286. The largest absolute Gasteiger partial charge is 0.508 e. The highest BCUT2D eigenvalue weighted by atomic mass is 16.3. The minimum Gasteiger partial charge on any atom is -0.508 e. The number of phenolic OH excluding ortho intramolecular Hbond substituents is 1. The summed E-state index contributed by atoms with van der Waals surface area (Å²) in [5, 5.41) is 11.5. The lowest BCUT2D eigenvalue weighted by Gasteiger charge is -2.27. The number of nitrogens with zero attached hydrogens (tertiary/aromatic N) is 2. The number of fused-ring (bicyclic) bond motifs is 2. The maximum atomic E-state index is 9.45. The maximum absolute atomic E-state index is 9.45. The Labute approximate surface area is 94.0 Å². The van der Waals surface area contributed by atoms with Gasteiger partial charge in [-0.1, -0.05) is 0 Å². The van der Waals surface area contributed by atoms with Crippen molar-refractivity contribution in [2.75, 3.05) is 13.6 Å². The van der Waals surface area contributed by atoms with Crippen LogP contribution < -0.4 is 10.6 Å². The van der Waals surface area contributed by atoms with Gasteiger partial charge in [0.2, 0.25) is 0 Å². The second-order valence-corrected chi connectivity index (χ2v) is 4.40. The third kappa shape index (κ3) is 1.18. The molecule has 0 spiro atoms. The van der Waals surface area contributed by atoms with Crippen molar-refractivity contribution in [1.82, 2.24) is 4.90 Å². The normalized spacial score (nSPS) is 18.4. The van der Waals surface area contributed by atoms with E-state index in [4.69, 9.17) is 0 Å². The number of rotatable bonds is 0. The molecule has 0 radical (unpaired) electrons. The Hall–Kier alpha value is -1.77. The smallest absolute Gasteiger partial charge is 0.117 e. The molecule has 16 heavy (non-hydrogen) atoms. The summed E-state index contributed by atoms with van der Waals surface area (Å²) in [7, 11) is 2.09. The number of aromatic hydroxyl groups is 1.